The summed E-state index contributed by atoms with van der Waals surface area (Å²) in [5, 5.41) is 9.78. The van der Waals surface area contributed by atoms with E-state index >= 15 is 0 Å². The summed E-state index contributed by atoms with van der Waals surface area (Å²) in [6, 6.07) is 14.3. The molecule has 1 aliphatic heterocycles. The molecule has 2 aromatic carbocycles. The zero-order valence-electron chi connectivity index (χ0n) is 25.6. The number of benzene rings is 2. The zero-order chi connectivity index (χ0) is 31.3. The highest BCUT2D eigenvalue weighted by atomic mass is 32.2. The van der Waals surface area contributed by atoms with Gasteiger partial charge in [0.1, 0.15) is 5.75 Å². The fraction of sp³-hybridized carbons (Fsp3) is 0.457. The number of carbonyl (C=O) groups excluding carboxylic acids is 2. The lowest BCUT2D eigenvalue weighted by Crippen LogP contribution is -2.51. The molecule has 5 fully saturated rings. The third-order valence-electron chi connectivity index (χ3n) is 10.5. The first-order valence-corrected chi connectivity index (χ1v) is 17.6. The quantitative estimate of drug-likeness (QED) is 0.378. The first-order valence-electron chi connectivity index (χ1n) is 16.0. The summed E-state index contributed by atoms with van der Waals surface area (Å²) in [5.74, 6) is 1.50. The van der Waals surface area contributed by atoms with Gasteiger partial charge in [-0.25, -0.2) is 13.1 Å². The smallest absolute Gasteiger partial charge is 0.264 e. The van der Waals surface area contributed by atoms with E-state index in [0.717, 1.165) is 41.6 Å². The molecule has 236 valence electrons. The van der Waals surface area contributed by atoms with Crippen molar-refractivity contribution < 1.29 is 23.1 Å². The fourth-order valence-electron chi connectivity index (χ4n) is 8.98. The molecule has 1 saturated heterocycles. The molecule has 0 radical (unpaired) electrons. The molecular formula is C35H40N4O5S. The molecule has 4 saturated carbocycles. The van der Waals surface area contributed by atoms with Gasteiger partial charge in [-0.05, 0) is 122 Å². The topological polar surface area (TPSA) is 120 Å². The first-order chi connectivity index (χ1) is 21.5. The van der Waals surface area contributed by atoms with Crippen molar-refractivity contribution in [2.45, 2.75) is 45.4 Å². The molecule has 5 aliphatic rings. The van der Waals surface area contributed by atoms with Crippen LogP contribution in [0.1, 0.15) is 64.8 Å². The summed E-state index contributed by atoms with van der Waals surface area (Å²) in [6.07, 6.45) is 9.75. The van der Waals surface area contributed by atoms with Gasteiger partial charge in [0.15, 0.2) is 0 Å². The highest BCUT2D eigenvalue weighted by molar-refractivity contribution is 7.90. The van der Waals surface area contributed by atoms with Crippen molar-refractivity contribution in [1.29, 1.82) is 0 Å². The minimum atomic E-state index is -3.74. The highest BCUT2D eigenvalue weighted by Gasteiger charge is 2.52. The predicted octanol–water partition coefficient (Wildman–Crippen LogP) is 5.00. The number of aromatic hydroxyl groups is 1. The lowest BCUT2D eigenvalue weighted by molar-refractivity contribution is -0.0391. The van der Waals surface area contributed by atoms with E-state index in [4.69, 9.17) is 0 Å². The van der Waals surface area contributed by atoms with Gasteiger partial charge in [0.2, 0.25) is 10.0 Å². The number of aromatic nitrogens is 1. The van der Waals surface area contributed by atoms with E-state index in [1.807, 2.05) is 42.2 Å². The average Bonchev–Trinajstić information content (AvgIpc) is 2.99. The summed E-state index contributed by atoms with van der Waals surface area (Å²) < 4.78 is 28.6. The van der Waals surface area contributed by atoms with Crippen molar-refractivity contribution in [3.8, 4) is 16.9 Å². The molecule has 2 heterocycles. The number of piperazine rings is 1. The number of aryl methyl sites for hydroxylation is 1. The van der Waals surface area contributed by atoms with E-state index in [2.05, 4.69) is 14.6 Å². The summed E-state index contributed by atoms with van der Waals surface area (Å²) in [4.78, 5) is 34.3. The number of hydrogen-bond donors (Lipinski definition) is 2. The number of nitrogens with zero attached hydrogens (tertiary/aromatic N) is 3. The lowest BCUT2D eigenvalue weighted by Gasteiger charge is -2.56. The minimum Gasteiger partial charge on any atom is -0.506 e. The Morgan fingerprint density at radius 2 is 1.51 bits per heavy atom. The average molecular weight is 629 g/mol. The number of hydrogen-bond acceptors (Lipinski definition) is 7. The van der Waals surface area contributed by atoms with Gasteiger partial charge in [0.05, 0.1) is 11.9 Å². The van der Waals surface area contributed by atoms with Crippen LogP contribution in [0.4, 0.5) is 5.69 Å². The Bertz CT molecular complexity index is 1700. The molecule has 0 spiro atoms. The van der Waals surface area contributed by atoms with Crippen LogP contribution in [0.3, 0.4) is 0 Å². The number of pyridine rings is 1. The Morgan fingerprint density at radius 1 is 0.889 bits per heavy atom. The fourth-order valence-corrected chi connectivity index (χ4v) is 10.6. The maximum Gasteiger partial charge on any atom is 0.264 e. The number of anilines is 1. The first kappa shape index (κ1) is 29.8. The molecule has 10 heteroatoms. The van der Waals surface area contributed by atoms with Crippen molar-refractivity contribution in [2.24, 2.45) is 23.2 Å². The molecule has 0 atom stereocenters. The van der Waals surface area contributed by atoms with Crippen LogP contribution in [0.2, 0.25) is 0 Å². The Morgan fingerprint density at radius 3 is 2.11 bits per heavy atom. The van der Waals surface area contributed by atoms with Gasteiger partial charge in [-0.15, -0.1) is 0 Å². The van der Waals surface area contributed by atoms with E-state index in [1.165, 1.54) is 25.5 Å². The second-order valence-corrected chi connectivity index (χ2v) is 15.6. The molecule has 4 bridgehead atoms. The summed E-state index contributed by atoms with van der Waals surface area (Å²) in [5.41, 5.74) is 4.33. The minimum absolute atomic E-state index is 0.0277. The van der Waals surface area contributed by atoms with E-state index in [-0.39, 0.29) is 22.8 Å². The molecule has 0 unspecified atom stereocenters. The molecule has 2 N–H and O–H groups in total. The van der Waals surface area contributed by atoms with Gasteiger partial charge >= 0.3 is 0 Å². The maximum atomic E-state index is 13.3. The Hall–Kier alpha value is -3.92. The third-order valence-corrected chi connectivity index (χ3v) is 12.0. The second-order valence-electron chi connectivity index (χ2n) is 13.9. The normalized spacial score (nSPS) is 25.8. The van der Waals surface area contributed by atoms with Gasteiger partial charge in [-0.2, -0.15) is 0 Å². The Balaban J connectivity index is 0.934. The number of sulfonamides is 1. The number of nitrogens with one attached hydrogen (secondary N) is 1. The van der Waals surface area contributed by atoms with Crippen molar-refractivity contribution in [3.05, 3.63) is 77.6 Å². The van der Waals surface area contributed by atoms with Gasteiger partial charge < -0.3 is 14.9 Å². The third kappa shape index (κ3) is 6.17. The van der Waals surface area contributed by atoms with E-state index < -0.39 is 15.9 Å². The molecule has 3 aromatic rings. The predicted molar refractivity (Wildman–Crippen MR) is 172 cm³/mol. The van der Waals surface area contributed by atoms with Crippen LogP contribution in [0, 0.1) is 30.1 Å². The SMILES string of the molecule is Cc1cc(C(=O)N2CCN(c3ccc(C(=O)NS(=O)(=O)CC45CC6CC(CC(C6)C4)C5)cc3)CC2)ccc1-c1cncc(O)c1. The van der Waals surface area contributed by atoms with Crippen molar-refractivity contribution in [3.63, 3.8) is 0 Å². The monoisotopic (exact) mass is 628 g/mol. The second kappa shape index (κ2) is 11.5. The van der Waals surface area contributed by atoms with Crippen LogP contribution in [-0.4, -0.2) is 67.2 Å². The Kier molecular flexibility index (Phi) is 7.58. The van der Waals surface area contributed by atoms with Crippen LogP contribution in [0.25, 0.3) is 11.1 Å². The van der Waals surface area contributed by atoms with Crippen LogP contribution in [0.5, 0.6) is 5.75 Å². The van der Waals surface area contributed by atoms with Crippen molar-refractivity contribution >= 4 is 27.5 Å². The van der Waals surface area contributed by atoms with Gasteiger partial charge in [-0.3, -0.25) is 14.6 Å². The molecule has 2 amide bonds. The molecule has 1 aromatic heterocycles. The summed E-state index contributed by atoms with van der Waals surface area (Å²) in [6.45, 7) is 4.34. The van der Waals surface area contributed by atoms with Gasteiger partial charge in [-0.1, -0.05) is 6.07 Å². The van der Waals surface area contributed by atoms with Gasteiger partial charge in [0.25, 0.3) is 11.8 Å². The maximum absolute atomic E-state index is 13.3. The largest absolute Gasteiger partial charge is 0.506 e. The molecule has 4 aliphatic carbocycles. The van der Waals surface area contributed by atoms with Crippen molar-refractivity contribution in [1.82, 2.24) is 14.6 Å². The highest BCUT2D eigenvalue weighted by Crippen LogP contribution is 2.60. The van der Waals surface area contributed by atoms with E-state index in [1.54, 1.807) is 24.4 Å². The standard InChI is InChI=1S/C35H40N4O5S/c1-23-12-28(4-7-32(23)29-16-31(40)21-36-20-29)34(42)39-10-8-38(9-11-39)30-5-2-27(3-6-30)33(41)37-45(43,44)22-35-17-24-13-25(18-35)15-26(14-24)19-35/h2-7,12,16,20-21,24-26,40H,8-11,13-15,17-19,22H2,1H3,(H,37,41). The molecular weight excluding hydrogens is 588 g/mol. The van der Waals surface area contributed by atoms with Gasteiger partial charge in [0, 0.05) is 54.8 Å². The Labute approximate surface area is 264 Å². The molecule has 8 rings (SSSR count). The van der Waals surface area contributed by atoms with Crippen LogP contribution >= 0.6 is 0 Å². The lowest BCUT2D eigenvalue weighted by atomic mass is 9.50. The van der Waals surface area contributed by atoms with E-state index in [0.29, 0.717) is 55.1 Å². The molecule has 45 heavy (non-hydrogen) atoms. The summed E-state index contributed by atoms with van der Waals surface area (Å²) in [7, 11) is -3.74. The number of amides is 2. The number of rotatable bonds is 7. The molecule has 9 nitrogen and oxygen atoms in total. The van der Waals surface area contributed by atoms with Crippen molar-refractivity contribution in [2.75, 3.05) is 36.8 Å². The number of carbonyl (C=O) groups is 2. The van der Waals surface area contributed by atoms with Crippen LogP contribution in [0.15, 0.2) is 60.9 Å². The zero-order valence-corrected chi connectivity index (χ0v) is 26.4. The van der Waals surface area contributed by atoms with E-state index in [9.17, 15) is 23.1 Å². The van der Waals surface area contributed by atoms with Crippen LogP contribution in [-0.2, 0) is 10.0 Å². The summed E-state index contributed by atoms with van der Waals surface area (Å²) >= 11 is 0. The van der Waals surface area contributed by atoms with Crippen LogP contribution < -0.4 is 9.62 Å².